The number of nitrogens with one attached hydrogen (secondary N) is 1. The molecule has 0 aromatic heterocycles. The number of nitrogens with zero attached hydrogens (tertiary/aromatic N) is 2. The maximum Gasteiger partial charge on any atom is 0.246 e. The van der Waals surface area contributed by atoms with E-state index < -0.39 is 0 Å². The second kappa shape index (κ2) is 8.01. The molecule has 0 spiro atoms. The van der Waals surface area contributed by atoms with Crippen LogP contribution < -0.4 is 5.32 Å². The number of rotatable bonds is 6. The largest absolute Gasteiger partial charge is 0.371 e. The molecule has 29 heavy (non-hydrogen) atoms. The van der Waals surface area contributed by atoms with Crippen molar-refractivity contribution in [2.24, 2.45) is 5.92 Å². The molecule has 3 heterocycles. The van der Waals surface area contributed by atoms with Crippen molar-refractivity contribution in [3.05, 3.63) is 47.7 Å². The van der Waals surface area contributed by atoms with Crippen LogP contribution in [0.5, 0.6) is 0 Å². The maximum atomic E-state index is 12.6. The van der Waals surface area contributed by atoms with Crippen LogP contribution in [0.4, 0.5) is 0 Å². The van der Waals surface area contributed by atoms with Crippen LogP contribution >= 0.6 is 0 Å². The van der Waals surface area contributed by atoms with Gasteiger partial charge in [-0.3, -0.25) is 14.4 Å². The highest BCUT2D eigenvalue weighted by atomic mass is 16.2. The Morgan fingerprint density at radius 3 is 2.62 bits per heavy atom. The van der Waals surface area contributed by atoms with E-state index in [1.807, 2.05) is 23.1 Å². The number of likely N-dealkylation sites (tertiary alicyclic amines) is 2. The smallest absolute Gasteiger partial charge is 0.246 e. The van der Waals surface area contributed by atoms with E-state index in [1.54, 1.807) is 6.08 Å². The van der Waals surface area contributed by atoms with Crippen LogP contribution in [0.25, 0.3) is 0 Å². The van der Waals surface area contributed by atoms with E-state index in [0.29, 0.717) is 12.5 Å². The molecule has 2 amide bonds. The summed E-state index contributed by atoms with van der Waals surface area (Å²) in [6.07, 6.45) is 4.03. The van der Waals surface area contributed by atoms with E-state index in [-0.39, 0.29) is 42.1 Å². The third-order valence-corrected chi connectivity index (χ3v) is 6.17. The first kappa shape index (κ1) is 19.7. The second-order valence-corrected chi connectivity index (χ2v) is 8.80. The lowest BCUT2D eigenvalue weighted by molar-refractivity contribution is -0.131. The number of Topliss-reactive ketones (excluding diaryl/α,β-unsaturated/α-hetero) is 1. The van der Waals surface area contributed by atoms with Crippen LogP contribution in [0.3, 0.4) is 0 Å². The van der Waals surface area contributed by atoms with E-state index in [9.17, 15) is 14.4 Å². The molecule has 6 heteroatoms. The Morgan fingerprint density at radius 2 is 1.90 bits per heavy atom. The Kier molecular flexibility index (Phi) is 5.43. The van der Waals surface area contributed by atoms with E-state index in [0.717, 1.165) is 31.5 Å². The van der Waals surface area contributed by atoms with E-state index in [2.05, 4.69) is 36.2 Å². The molecule has 0 radical (unpaired) electrons. The summed E-state index contributed by atoms with van der Waals surface area (Å²) in [5.74, 6) is 0.322. The van der Waals surface area contributed by atoms with Gasteiger partial charge in [0.1, 0.15) is 0 Å². The zero-order valence-electron chi connectivity index (χ0n) is 17.1. The molecule has 3 aliphatic heterocycles. The Hall–Kier alpha value is -2.63. The van der Waals surface area contributed by atoms with Gasteiger partial charge < -0.3 is 15.1 Å². The maximum absolute atomic E-state index is 12.6. The SMILES string of the molecule is CC(C)C[C@H]1C(=O)CC(=O)N1[C@H]1CCN(C2=CC(=O)NC2Cc2ccccc2)C1. The fourth-order valence-corrected chi connectivity index (χ4v) is 4.88. The standard InChI is InChI=1S/C23H29N3O3/c1-15(2)10-20-21(27)13-23(29)26(20)17-8-9-25(14-17)19-12-22(28)24-18(19)11-16-6-4-3-5-7-16/h3-7,12,15,17-18,20H,8-11,13-14H2,1-2H3,(H,24,28)/t17-,18?,20-/m0/s1. The fourth-order valence-electron chi connectivity index (χ4n) is 4.88. The summed E-state index contributed by atoms with van der Waals surface area (Å²) in [5.41, 5.74) is 2.18. The Bertz CT molecular complexity index is 833. The minimum atomic E-state index is -0.287. The van der Waals surface area contributed by atoms with Crippen LogP contribution in [-0.4, -0.2) is 58.6 Å². The van der Waals surface area contributed by atoms with Gasteiger partial charge >= 0.3 is 0 Å². The number of ketones is 1. The molecule has 154 valence electrons. The molecule has 1 aromatic carbocycles. The number of benzene rings is 1. The van der Waals surface area contributed by atoms with Gasteiger partial charge in [0.05, 0.1) is 24.5 Å². The molecular formula is C23H29N3O3. The molecule has 1 aromatic rings. The zero-order valence-corrected chi connectivity index (χ0v) is 17.1. The van der Waals surface area contributed by atoms with Crippen molar-refractivity contribution in [2.45, 2.75) is 57.7 Å². The molecule has 2 saturated heterocycles. The van der Waals surface area contributed by atoms with Gasteiger partial charge in [0.15, 0.2) is 5.78 Å². The van der Waals surface area contributed by atoms with Gasteiger partial charge in [-0.05, 0) is 30.7 Å². The van der Waals surface area contributed by atoms with Crippen molar-refractivity contribution in [2.75, 3.05) is 13.1 Å². The van der Waals surface area contributed by atoms with Crippen LogP contribution in [0.15, 0.2) is 42.1 Å². The fraction of sp³-hybridized carbons (Fsp3) is 0.522. The molecule has 1 unspecified atom stereocenters. The molecule has 2 fully saturated rings. The van der Waals surface area contributed by atoms with Gasteiger partial charge in [-0.1, -0.05) is 44.2 Å². The summed E-state index contributed by atoms with van der Waals surface area (Å²) in [4.78, 5) is 41.1. The van der Waals surface area contributed by atoms with Crippen molar-refractivity contribution in [3.63, 3.8) is 0 Å². The summed E-state index contributed by atoms with van der Waals surface area (Å²) in [6.45, 7) is 5.65. The average Bonchev–Trinajstić information content (AvgIpc) is 3.34. The predicted octanol–water partition coefficient (Wildman–Crippen LogP) is 1.90. The normalized spacial score (nSPS) is 27.2. The highest BCUT2D eigenvalue weighted by molar-refractivity contribution is 6.07. The molecule has 1 N–H and O–H groups in total. The molecule has 0 aliphatic carbocycles. The zero-order chi connectivity index (χ0) is 20.5. The molecular weight excluding hydrogens is 366 g/mol. The highest BCUT2D eigenvalue weighted by Gasteiger charge is 2.45. The monoisotopic (exact) mass is 395 g/mol. The number of amides is 2. The van der Waals surface area contributed by atoms with Crippen molar-refractivity contribution in [3.8, 4) is 0 Å². The second-order valence-electron chi connectivity index (χ2n) is 8.80. The lowest BCUT2D eigenvalue weighted by Crippen LogP contribution is -2.45. The van der Waals surface area contributed by atoms with Crippen molar-refractivity contribution >= 4 is 17.6 Å². The molecule has 0 bridgehead atoms. The minimum Gasteiger partial charge on any atom is -0.371 e. The van der Waals surface area contributed by atoms with E-state index >= 15 is 0 Å². The quantitative estimate of drug-likeness (QED) is 0.747. The number of carbonyl (C=O) groups is 3. The van der Waals surface area contributed by atoms with Crippen molar-refractivity contribution in [1.29, 1.82) is 0 Å². The first-order chi connectivity index (χ1) is 13.9. The van der Waals surface area contributed by atoms with E-state index in [1.165, 1.54) is 5.56 Å². The van der Waals surface area contributed by atoms with E-state index in [4.69, 9.17) is 0 Å². The van der Waals surface area contributed by atoms with Gasteiger partial charge in [-0.25, -0.2) is 0 Å². The Labute approximate surface area is 171 Å². The lowest BCUT2D eigenvalue weighted by Gasteiger charge is -2.32. The first-order valence-electron chi connectivity index (χ1n) is 10.6. The predicted molar refractivity (Wildman–Crippen MR) is 110 cm³/mol. The number of hydrogen-bond donors (Lipinski definition) is 1. The summed E-state index contributed by atoms with van der Waals surface area (Å²) in [6, 6.07) is 9.83. The van der Waals surface area contributed by atoms with Gasteiger partial charge in [-0.15, -0.1) is 0 Å². The third kappa shape index (κ3) is 4.07. The molecule has 3 atom stereocenters. The van der Waals surface area contributed by atoms with Crippen LogP contribution in [-0.2, 0) is 20.8 Å². The molecule has 3 aliphatic rings. The summed E-state index contributed by atoms with van der Waals surface area (Å²) in [5, 5.41) is 3.06. The number of carbonyl (C=O) groups excluding carboxylic acids is 3. The number of hydrogen-bond acceptors (Lipinski definition) is 4. The van der Waals surface area contributed by atoms with Gasteiger partial charge in [-0.2, -0.15) is 0 Å². The summed E-state index contributed by atoms with van der Waals surface area (Å²) >= 11 is 0. The lowest BCUT2D eigenvalue weighted by atomic mass is 10.00. The van der Waals surface area contributed by atoms with Crippen molar-refractivity contribution in [1.82, 2.24) is 15.1 Å². The molecule has 0 saturated carbocycles. The van der Waals surface area contributed by atoms with Gasteiger partial charge in [0, 0.05) is 24.9 Å². The van der Waals surface area contributed by atoms with Gasteiger partial charge in [0.2, 0.25) is 11.8 Å². The molecule has 4 rings (SSSR count). The first-order valence-corrected chi connectivity index (χ1v) is 10.6. The topological polar surface area (TPSA) is 69.7 Å². The van der Waals surface area contributed by atoms with Crippen molar-refractivity contribution < 1.29 is 14.4 Å². The average molecular weight is 396 g/mol. The van der Waals surface area contributed by atoms with Crippen LogP contribution in [0.1, 0.15) is 38.7 Å². The van der Waals surface area contributed by atoms with Gasteiger partial charge in [0.25, 0.3) is 0 Å². The Morgan fingerprint density at radius 1 is 1.14 bits per heavy atom. The third-order valence-electron chi connectivity index (χ3n) is 6.17. The summed E-state index contributed by atoms with van der Waals surface area (Å²) < 4.78 is 0. The highest BCUT2D eigenvalue weighted by Crippen LogP contribution is 2.31. The minimum absolute atomic E-state index is 0.0340. The van der Waals surface area contributed by atoms with Crippen LogP contribution in [0.2, 0.25) is 0 Å². The Balaban J connectivity index is 1.47. The summed E-state index contributed by atoms with van der Waals surface area (Å²) in [7, 11) is 0. The van der Waals surface area contributed by atoms with Crippen LogP contribution in [0, 0.1) is 5.92 Å². The molecule has 6 nitrogen and oxygen atoms in total.